The van der Waals surface area contributed by atoms with E-state index in [2.05, 4.69) is 9.97 Å². The molecule has 0 spiro atoms. The number of benzene rings is 3. The number of nitrogens with zero attached hydrogens (tertiary/aromatic N) is 4. The van der Waals surface area contributed by atoms with Gasteiger partial charge in [0.1, 0.15) is 22.1 Å². The molecule has 0 aliphatic heterocycles. The van der Waals surface area contributed by atoms with Gasteiger partial charge >= 0.3 is 0 Å². The van der Waals surface area contributed by atoms with E-state index < -0.39 is 0 Å². The standard InChI is InChI=1S/C26H18FN5O2S3/c1-34-18-6-4-5-17(13-18)31-23-22(37-26(31)35)24(33)32(16-11-9-15(27)10-12-16)25(30-23)36-14-21-28-19-7-2-3-8-20(19)29-21/h2-13H,14H2,1H3,(H,28,29). The van der Waals surface area contributed by atoms with Crippen molar-refractivity contribution in [3.63, 3.8) is 0 Å². The third-order valence-electron chi connectivity index (χ3n) is 5.75. The predicted octanol–water partition coefficient (Wildman–Crippen LogP) is 6.28. The Hall–Kier alpha value is -3.80. The van der Waals surface area contributed by atoms with Crippen molar-refractivity contribution in [3.8, 4) is 17.1 Å². The Labute approximate surface area is 223 Å². The van der Waals surface area contributed by atoms with Gasteiger partial charge in [-0.25, -0.2) is 14.4 Å². The van der Waals surface area contributed by atoms with Gasteiger partial charge in [0.25, 0.3) is 5.56 Å². The molecule has 3 aromatic carbocycles. The Bertz CT molecular complexity index is 1860. The molecule has 0 aliphatic carbocycles. The van der Waals surface area contributed by atoms with E-state index in [4.69, 9.17) is 21.9 Å². The van der Waals surface area contributed by atoms with E-state index in [1.165, 1.54) is 39.8 Å². The van der Waals surface area contributed by atoms with Crippen LogP contribution >= 0.6 is 35.3 Å². The van der Waals surface area contributed by atoms with Crippen LogP contribution in [0, 0.1) is 9.77 Å². The molecule has 184 valence electrons. The molecule has 37 heavy (non-hydrogen) atoms. The Morgan fingerprint density at radius 1 is 1.03 bits per heavy atom. The highest BCUT2D eigenvalue weighted by Gasteiger charge is 2.20. The quantitative estimate of drug-likeness (QED) is 0.150. The fourth-order valence-corrected chi connectivity index (χ4v) is 6.21. The molecule has 7 nitrogen and oxygen atoms in total. The molecule has 0 aliphatic rings. The largest absolute Gasteiger partial charge is 0.497 e. The number of aromatic amines is 1. The summed E-state index contributed by atoms with van der Waals surface area (Å²) < 4.78 is 23.2. The van der Waals surface area contributed by atoms with Crippen molar-refractivity contribution in [1.29, 1.82) is 0 Å². The first-order chi connectivity index (χ1) is 18.0. The lowest BCUT2D eigenvalue weighted by atomic mass is 10.3. The van der Waals surface area contributed by atoms with Crippen molar-refractivity contribution >= 4 is 56.7 Å². The van der Waals surface area contributed by atoms with Gasteiger partial charge in [0.05, 0.1) is 35.3 Å². The molecule has 0 unspecified atom stereocenters. The zero-order valence-electron chi connectivity index (χ0n) is 19.3. The number of methoxy groups -OCH3 is 1. The number of rotatable bonds is 6. The molecular formula is C26H18FN5O2S3. The minimum absolute atomic E-state index is 0.276. The van der Waals surface area contributed by atoms with Crippen LogP contribution < -0.4 is 10.3 Å². The Balaban J connectivity index is 1.53. The third kappa shape index (κ3) is 4.35. The number of thiazole rings is 1. The Morgan fingerprint density at radius 2 is 1.84 bits per heavy atom. The number of halogens is 1. The van der Waals surface area contributed by atoms with Crippen LogP contribution in [0.2, 0.25) is 0 Å². The van der Waals surface area contributed by atoms with Crippen molar-refractivity contribution < 1.29 is 9.13 Å². The van der Waals surface area contributed by atoms with Gasteiger partial charge in [-0.3, -0.25) is 13.9 Å². The molecule has 11 heteroatoms. The molecule has 3 aromatic heterocycles. The van der Waals surface area contributed by atoms with Crippen LogP contribution in [0.1, 0.15) is 5.82 Å². The molecule has 6 rings (SSSR count). The zero-order valence-corrected chi connectivity index (χ0v) is 21.8. The molecule has 0 fully saturated rings. The molecule has 3 heterocycles. The van der Waals surface area contributed by atoms with Crippen LogP contribution in [0.3, 0.4) is 0 Å². The van der Waals surface area contributed by atoms with Crippen LogP contribution in [-0.4, -0.2) is 31.2 Å². The van der Waals surface area contributed by atoms with Gasteiger partial charge in [0.2, 0.25) is 0 Å². The molecule has 0 bridgehead atoms. The van der Waals surface area contributed by atoms with Crippen LogP contribution in [0.25, 0.3) is 32.8 Å². The van der Waals surface area contributed by atoms with Crippen LogP contribution in [0.4, 0.5) is 4.39 Å². The molecule has 6 aromatic rings. The monoisotopic (exact) mass is 547 g/mol. The Kier molecular flexibility index (Phi) is 6.11. The van der Waals surface area contributed by atoms with E-state index >= 15 is 0 Å². The van der Waals surface area contributed by atoms with Crippen LogP contribution in [0.5, 0.6) is 5.75 Å². The van der Waals surface area contributed by atoms with Gasteiger partial charge in [-0.1, -0.05) is 41.3 Å². The van der Waals surface area contributed by atoms with E-state index in [-0.39, 0.29) is 11.4 Å². The van der Waals surface area contributed by atoms with Crippen molar-refractivity contribution in [1.82, 2.24) is 24.1 Å². The van der Waals surface area contributed by atoms with E-state index in [0.717, 1.165) is 22.5 Å². The smallest absolute Gasteiger partial charge is 0.278 e. The second-order valence-corrected chi connectivity index (χ2v) is 10.6. The molecular weight excluding hydrogens is 530 g/mol. The fourth-order valence-electron chi connectivity index (χ4n) is 4.03. The number of para-hydroxylation sites is 2. The highest BCUT2D eigenvalue weighted by Crippen LogP contribution is 2.30. The minimum atomic E-state index is -0.387. The summed E-state index contributed by atoms with van der Waals surface area (Å²) >= 11 is 8.21. The number of aromatic nitrogens is 5. The number of H-pyrrole nitrogens is 1. The first-order valence-electron chi connectivity index (χ1n) is 11.2. The summed E-state index contributed by atoms with van der Waals surface area (Å²) in [5.41, 5.74) is 3.24. The minimum Gasteiger partial charge on any atom is -0.497 e. The lowest BCUT2D eigenvalue weighted by Crippen LogP contribution is -2.21. The van der Waals surface area contributed by atoms with Crippen LogP contribution in [0.15, 0.2) is 82.7 Å². The first-order valence-corrected chi connectivity index (χ1v) is 13.4. The molecule has 0 radical (unpaired) electrons. The maximum Gasteiger partial charge on any atom is 0.278 e. The zero-order chi connectivity index (χ0) is 25.5. The van der Waals surface area contributed by atoms with E-state index in [0.29, 0.717) is 36.6 Å². The van der Waals surface area contributed by atoms with Gasteiger partial charge in [0, 0.05) is 6.07 Å². The number of thioether (sulfide) groups is 1. The maximum absolute atomic E-state index is 13.8. The van der Waals surface area contributed by atoms with Gasteiger partial charge in [-0.2, -0.15) is 0 Å². The maximum atomic E-state index is 13.8. The van der Waals surface area contributed by atoms with E-state index in [1.807, 2.05) is 48.5 Å². The Morgan fingerprint density at radius 3 is 2.62 bits per heavy atom. The lowest BCUT2D eigenvalue weighted by molar-refractivity contribution is 0.414. The van der Waals surface area contributed by atoms with Gasteiger partial charge in [-0.05, 0) is 60.7 Å². The lowest BCUT2D eigenvalue weighted by Gasteiger charge is -2.13. The molecule has 0 saturated heterocycles. The summed E-state index contributed by atoms with van der Waals surface area (Å²) in [5, 5.41) is 0.439. The summed E-state index contributed by atoms with van der Waals surface area (Å²) in [4.78, 5) is 26.7. The summed E-state index contributed by atoms with van der Waals surface area (Å²) in [7, 11) is 1.59. The first kappa shape index (κ1) is 23.6. The number of nitrogens with one attached hydrogen (secondary N) is 1. The fraction of sp³-hybridized carbons (Fsp3) is 0.0769. The summed E-state index contributed by atoms with van der Waals surface area (Å²) in [6.07, 6.45) is 0. The highest BCUT2D eigenvalue weighted by atomic mass is 32.2. The average molecular weight is 548 g/mol. The summed E-state index contributed by atoms with van der Waals surface area (Å²) in [6, 6.07) is 21.0. The molecule has 1 N–H and O–H groups in total. The van der Waals surface area contributed by atoms with Crippen molar-refractivity contribution in [2.75, 3.05) is 7.11 Å². The van der Waals surface area contributed by atoms with Gasteiger partial charge < -0.3 is 9.72 Å². The second-order valence-electron chi connectivity index (χ2n) is 8.06. The average Bonchev–Trinajstić information content (AvgIpc) is 3.48. The number of ether oxygens (including phenoxy) is 1. The number of imidazole rings is 1. The molecule has 0 atom stereocenters. The van der Waals surface area contributed by atoms with E-state index in [9.17, 15) is 9.18 Å². The second kappa shape index (κ2) is 9.58. The number of fused-ring (bicyclic) bond motifs is 2. The SMILES string of the molecule is COc1cccc(-n2c(=S)sc3c(=O)n(-c4ccc(F)cc4)c(SCc4nc5ccccc5[nH]4)nc32)c1. The van der Waals surface area contributed by atoms with Crippen molar-refractivity contribution in [3.05, 3.63) is 98.7 Å². The number of hydrogen-bond donors (Lipinski definition) is 1. The molecule has 0 saturated carbocycles. The van der Waals surface area contributed by atoms with Gasteiger partial charge in [-0.15, -0.1) is 0 Å². The normalized spacial score (nSPS) is 11.4. The van der Waals surface area contributed by atoms with E-state index in [1.54, 1.807) is 23.8 Å². The summed E-state index contributed by atoms with van der Waals surface area (Å²) in [5.74, 6) is 1.47. The molecule has 0 amide bonds. The van der Waals surface area contributed by atoms with Crippen molar-refractivity contribution in [2.45, 2.75) is 10.9 Å². The highest BCUT2D eigenvalue weighted by molar-refractivity contribution is 7.98. The summed E-state index contributed by atoms with van der Waals surface area (Å²) in [6.45, 7) is 0. The predicted molar refractivity (Wildman–Crippen MR) is 148 cm³/mol. The van der Waals surface area contributed by atoms with Gasteiger partial charge in [0.15, 0.2) is 14.8 Å². The topological polar surface area (TPSA) is 77.7 Å². The third-order valence-corrected chi connectivity index (χ3v) is 8.05. The van der Waals surface area contributed by atoms with Crippen molar-refractivity contribution in [2.24, 2.45) is 0 Å². The number of hydrogen-bond acceptors (Lipinski definition) is 7. The van der Waals surface area contributed by atoms with Crippen LogP contribution in [-0.2, 0) is 5.75 Å².